The Hall–Kier alpha value is -0.0800. The highest BCUT2D eigenvalue weighted by Gasteiger charge is 2.40. The topological polar surface area (TPSA) is 6.48 Å². The molecular formula is C8H16N2. The Balaban J connectivity index is 2.21. The van der Waals surface area contributed by atoms with Gasteiger partial charge in [0.2, 0.25) is 0 Å². The molecule has 2 saturated heterocycles. The first-order valence-corrected chi connectivity index (χ1v) is 4.21. The molecule has 2 fully saturated rings. The quantitative estimate of drug-likeness (QED) is 0.490. The summed E-state index contributed by atoms with van der Waals surface area (Å²) in [4.78, 5) is 5.16. The maximum atomic E-state index is 2.58. The zero-order valence-corrected chi connectivity index (χ0v) is 6.93. The summed E-state index contributed by atoms with van der Waals surface area (Å²) in [5.74, 6) is 0. The maximum Gasteiger partial charge on any atom is 0.0680 e. The van der Waals surface area contributed by atoms with Crippen LogP contribution in [0.3, 0.4) is 0 Å². The van der Waals surface area contributed by atoms with Crippen molar-refractivity contribution in [1.29, 1.82) is 0 Å². The molecule has 0 saturated carbocycles. The van der Waals surface area contributed by atoms with Crippen LogP contribution in [-0.2, 0) is 0 Å². The van der Waals surface area contributed by atoms with Crippen LogP contribution in [0.2, 0.25) is 0 Å². The van der Waals surface area contributed by atoms with E-state index in [1.165, 1.54) is 32.6 Å². The summed E-state index contributed by atoms with van der Waals surface area (Å²) < 4.78 is 0. The second kappa shape index (κ2) is 1.95. The Kier molecular flexibility index (Phi) is 1.29. The lowest BCUT2D eigenvalue weighted by molar-refractivity contribution is 0.0133. The molecule has 0 aromatic heterocycles. The molecular weight excluding hydrogens is 124 g/mol. The Labute approximate surface area is 62.8 Å². The molecule has 2 nitrogen and oxygen atoms in total. The van der Waals surface area contributed by atoms with Gasteiger partial charge in [0.1, 0.15) is 0 Å². The highest BCUT2D eigenvalue weighted by molar-refractivity contribution is 4.92. The summed E-state index contributed by atoms with van der Waals surface area (Å²) >= 11 is 0. The first-order chi connectivity index (χ1) is 4.71. The lowest BCUT2D eigenvalue weighted by atomic mass is 10.1. The molecule has 2 aliphatic rings. The van der Waals surface area contributed by atoms with Gasteiger partial charge in [0.25, 0.3) is 0 Å². The van der Waals surface area contributed by atoms with Gasteiger partial charge in [-0.05, 0) is 20.3 Å². The monoisotopic (exact) mass is 140 g/mol. The number of nitrogens with zero attached hydrogens (tertiary/aromatic N) is 2. The van der Waals surface area contributed by atoms with Crippen LogP contribution in [0.25, 0.3) is 0 Å². The minimum absolute atomic E-state index is 0.373. The van der Waals surface area contributed by atoms with Crippen molar-refractivity contribution in [2.75, 3.05) is 26.2 Å². The van der Waals surface area contributed by atoms with Crippen molar-refractivity contribution >= 4 is 0 Å². The molecule has 2 aliphatic heterocycles. The van der Waals surface area contributed by atoms with Gasteiger partial charge in [0.15, 0.2) is 0 Å². The summed E-state index contributed by atoms with van der Waals surface area (Å²) in [6.45, 7) is 9.85. The van der Waals surface area contributed by atoms with E-state index in [4.69, 9.17) is 0 Å². The van der Waals surface area contributed by atoms with Gasteiger partial charge >= 0.3 is 0 Å². The van der Waals surface area contributed by atoms with Crippen LogP contribution in [0.5, 0.6) is 0 Å². The molecule has 58 valence electrons. The molecule has 10 heavy (non-hydrogen) atoms. The molecule has 2 heteroatoms. The molecule has 0 aromatic rings. The van der Waals surface area contributed by atoms with E-state index in [1.54, 1.807) is 0 Å². The van der Waals surface area contributed by atoms with E-state index in [0.29, 0.717) is 5.66 Å². The predicted molar refractivity (Wildman–Crippen MR) is 41.8 cm³/mol. The second-order valence-corrected chi connectivity index (χ2v) is 3.82. The van der Waals surface area contributed by atoms with E-state index in [9.17, 15) is 0 Å². The number of rotatable bonds is 0. The van der Waals surface area contributed by atoms with Gasteiger partial charge in [-0.15, -0.1) is 0 Å². The zero-order valence-electron chi connectivity index (χ0n) is 6.93. The van der Waals surface area contributed by atoms with Gasteiger partial charge in [-0.1, -0.05) is 0 Å². The van der Waals surface area contributed by atoms with Crippen LogP contribution >= 0.6 is 0 Å². The van der Waals surface area contributed by atoms with Crippen molar-refractivity contribution in [1.82, 2.24) is 9.80 Å². The summed E-state index contributed by atoms with van der Waals surface area (Å²) in [5, 5.41) is 0. The molecule has 2 unspecified atom stereocenters. The summed E-state index contributed by atoms with van der Waals surface area (Å²) in [5.41, 5.74) is 0.373. The van der Waals surface area contributed by atoms with Gasteiger partial charge in [-0.2, -0.15) is 0 Å². The minimum Gasteiger partial charge on any atom is -0.284 e. The van der Waals surface area contributed by atoms with Crippen LogP contribution in [0, 0.1) is 0 Å². The fourth-order valence-electron chi connectivity index (χ4n) is 2.21. The third-order valence-electron chi connectivity index (χ3n) is 3.04. The first-order valence-electron chi connectivity index (χ1n) is 4.21. The summed E-state index contributed by atoms with van der Waals surface area (Å²) in [6, 6.07) is 0. The van der Waals surface area contributed by atoms with Crippen molar-refractivity contribution < 1.29 is 0 Å². The summed E-state index contributed by atoms with van der Waals surface area (Å²) in [6.07, 6.45) is 1.36. The fourth-order valence-corrected chi connectivity index (χ4v) is 2.21. The molecule has 2 rings (SSSR count). The molecule has 0 spiro atoms. The third-order valence-corrected chi connectivity index (χ3v) is 3.04. The average Bonchev–Trinajstić information content (AvgIpc) is 2.17. The van der Waals surface area contributed by atoms with Crippen LogP contribution in [0.4, 0.5) is 0 Å². The smallest absolute Gasteiger partial charge is 0.0680 e. The molecule has 0 amide bonds. The highest BCUT2D eigenvalue weighted by atomic mass is 15.5. The van der Waals surface area contributed by atoms with Crippen LogP contribution < -0.4 is 0 Å². The Bertz CT molecular complexity index is 124. The second-order valence-electron chi connectivity index (χ2n) is 3.82. The molecule has 2 atom stereocenters. The normalized spacial score (nSPS) is 43.8. The van der Waals surface area contributed by atoms with E-state index in [0.717, 1.165) is 0 Å². The lowest BCUT2D eigenvalue weighted by Crippen LogP contribution is -2.53. The van der Waals surface area contributed by atoms with Gasteiger partial charge in [0.05, 0.1) is 5.66 Å². The number of hydrogen-bond donors (Lipinski definition) is 0. The van der Waals surface area contributed by atoms with Crippen molar-refractivity contribution in [3.8, 4) is 0 Å². The number of hydrogen-bond acceptors (Lipinski definition) is 2. The maximum absolute atomic E-state index is 2.58. The summed E-state index contributed by atoms with van der Waals surface area (Å²) in [7, 11) is 0. The van der Waals surface area contributed by atoms with Crippen LogP contribution in [0.1, 0.15) is 20.3 Å². The van der Waals surface area contributed by atoms with Gasteiger partial charge in [-0.25, -0.2) is 0 Å². The number of fused-ring (bicyclic) bond motifs is 2. The molecule has 0 radical (unpaired) electrons. The predicted octanol–water partition coefficient (Wildman–Crippen LogP) is 0.744. The SMILES string of the molecule is CC1(C)N2CCCN1CC2. The Morgan fingerprint density at radius 1 is 0.900 bits per heavy atom. The molecule has 0 N–H and O–H groups in total. The highest BCUT2D eigenvalue weighted by Crippen LogP contribution is 2.29. The van der Waals surface area contributed by atoms with Crippen LogP contribution in [0.15, 0.2) is 0 Å². The molecule has 2 bridgehead atoms. The fraction of sp³-hybridized carbons (Fsp3) is 1.00. The van der Waals surface area contributed by atoms with E-state index in [-0.39, 0.29) is 0 Å². The van der Waals surface area contributed by atoms with Crippen molar-refractivity contribution in [2.45, 2.75) is 25.9 Å². The van der Waals surface area contributed by atoms with Crippen molar-refractivity contribution in [3.05, 3.63) is 0 Å². The van der Waals surface area contributed by atoms with Crippen molar-refractivity contribution in [3.63, 3.8) is 0 Å². The minimum atomic E-state index is 0.373. The standard InChI is InChI=1S/C8H16N2/c1-8(2)9-4-3-5-10(8)7-6-9/h3-7H2,1-2H3. The van der Waals surface area contributed by atoms with E-state index >= 15 is 0 Å². The van der Waals surface area contributed by atoms with E-state index in [2.05, 4.69) is 23.6 Å². The first kappa shape index (κ1) is 6.62. The molecule has 0 aromatic carbocycles. The Morgan fingerprint density at radius 3 is 1.80 bits per heavy atom. The third kappa shape index (κ3) is 0.722. The van der Waals surface area contributed by atoms with E-state index in [1.807, 2.05) is 0 Å². The largest absolute Gasteiger partial charge is 0.284 e. The van der Waals surface area contributed by atoms with Gasteiger partial charge in [0, 0.05) is 26.2 Å². The molecule has 2 heterocycles. The van der Waals surface area contributed by atoms with Crippen LogP contribution in [-0.4, -0.2) is 41.6 Å². The van der Waals surface area contributed by atoms with Gasteiger partial charge < -0.3 is 0 Å². The Morgan fingerprint density at radius 2 is 1.40 bits per heavy atom. The average molecular weight is 140 g/mol. The van der Waals surface area contributed by atoms with Gasteiger partial charge in [-0.3, -0.25) is 9.80 Å². The molecule has 0 aliphatic carbocycles. The lowest BCUT2D eigenvalue weighted by Gasteiger charge is -2.42. The van der Waals surface area contributed by atoms with Crippen molar-refractivity contribution in [2.24, 2.45) is 0 Å². The van der Waals surface area contributed by atoms with E-state index < -0.39 is 0 Å². The zero-order chi connectivity index (χ0) is 7.19.